The minimum Gasteiger partial charge on any atom is -0.496 e. The van der Waals surface area contributed by atoms with Crippen LogP contribution in [0.15, 0.2) is 42.6 Å². The first-order chi connectivity index (χ1) is 19.8. The SMILES string of the molecule is COc1cc2c(C(OC(C)=O)c3ccc4c(c3OC)C=CC(C)(C)O4)ccnc2cc1OCCCN1CCOCC1. The Hall–Kier alpha value is -3.82. The van der Waals surface area contributed by atoms with Crippen molar-refractivity contribution in [2.75, 3.05) is 53.7 Å². The fourth-order valence-electron chi connectivity index (χ4n) is 5.31. The molecule has 0 bridgehead atoms. The van der Waals surface area contributed by atoms with E-state index in [1.165, 1.54) is 6.92 Å². The molecule has 2 aromatic carbocycles. The van der Waals surface area contributed by atoms with Crippen LogP contribution in [0.4, 0.5) is 0 Å². The molecule has 1 saturated heterocycles. The highest BCUT2D eigenvalue weighted by molar-refractivity contribution is 5.87. The second-order valence-electron chi connectivity index (χ2n) is 10.7. The quantitative estimate of drug-likeness (QED) is 0.245. The summed E-state index contributed by atoms with van der Waals surface area (Å²) in [6.07, 6.45) is 5.81. The molecule has 3 heterocycles. The number of nitrogens with zero attached hydrogens (tertiary/aromatic N) is 2. The molecule has 0 amide bonds. The lowest BCUT2D eigenvalue weighted by molar-refractivity contribution is -0.144. The van der Waals surface area contributed by atoms with E-state index in [-0.39, 0.29) is 0 Å². The van der Waals surface area contributed by atoms with Gasteiger partial charge in [-0.25, -0.2) is 0 Å². The molecular weight excluding hydrogens is 524 g/mol. The van der Waals surface area contributed by atoms with E-state index in [0.29, 0.717) is 40.7 Å². The van der Waals surface area contributed by atoms with Gasteiger partial charge in [0, 0.05) is 55.3 Å². The Morgan fingerprint density at radius 3 is 2.61 bits per heavy atom. The minimum atomic E-state index is -0.758. The van der Waals surface area contributed by atoms with Gasteiger partial charge in [-0.1, -0.05) is 0 Å². The molecule has 0 radical (unpaired) electrons. The van der Waals surface area contributed by atoms with Crippen molar-refractivity contribution in [3.63, 3.8) is 0 Å². The van der Waals surface area contributed by atoms with Crippen molar-refractivity contribution < 1.29 is 33.2 Å². The molecular formula is C32H38N2O7. The zero-order chi connectivity index (χ0) is 29.0. The summed E-state index contributed by atoms with van der Waals surface area (Å²) in [5.41, 5.74) is 2.51. The number of hydrogen-bond donors (Lipinski definition) is 0. The van der Waals surface area contributed by atoms with Gasteiger partial charge in [-0.3, -0.25) is 14.7 Å². The van der Waals surface area contributed by atoms with E-state index < -0.39 is 17.7 Å². The summed E-state index contributed by atoms with van der Waals surface area (Å²) in [5, 5.41) is 0.781. The maximum Gasteiger partial charge on any atom is 0.303 e. The average molecular weight is 563 g/mol. The number of carbonyl (C=O) groups is 1. The molecule has 1 aromatic heterocycles. The zero-order valence-electron chi connectivity index (χ0n) is 24.4. The first-order valence-electron chi connectivity index (χ1n) is 14.0. The molecule has 5 rings (SSSR count). The number of esters is 1. The Labute approximate surface area is 240 Å². The van der Waals surface area contributed by atoms with E-state index in [2.05, 4.69) is 9.88 Å². The average Bonchev–Trinajstić information content (AvgIpc) is 2.96. The van der Waals surface area contributed by atoms with E-state index in [1.54, 1.807) is 20.4 Å². The summed E-state index contributed by atoms with van der Waals surface area (Å²) in [6.45, 7) is 10.3. The number of methoxy groups -OCH3 is 2. The Morgan fingerprint density at radius 2 is 1.88 bits per heavy atom. The molecule has 0 saturated carbocycles. The van der Waals surface area contributed by atoms with Gasteiger partial charge in [0.1, 0.15) is 17.1 Å². The molecule has 0 aliphatic carbocycles. The summed E-state index contributed by atoms with van der Waals surface area (Å²) in [7, 11) is 3.22. The molecule has 1 atom stereocenters. The van der Waals surface area contributed by atoms with Crippen LogP contribution in [0.2, 0.25) is 0 Å². The molecule has 218 valence electrons. The van der Waals surface area contributed by atoms with Crippen molar-refractivity contribution in [2.24, 2.45) is 0 Å². The van der Waals surface area contributed by atoms with E-state index >= 15 is 0 Å². The number of pyridine rings is 1. The van der Waals surface area contributed by atoms with Gasteiger partial charge in [-0.2, -0.15) is 0 Å². The number of hydrogen-bond acceptors (Lipinski definition) is 9. The normalized spacial score (nSPS) is 16.9. The smallest absolute Gasteiger partial charge is 0.303 e. The summed E-state index contributed by atoms with van der Waals surface area (Å²) in [4.78, 5) is 19.4. The van der Waals surface area contributed by atoms with E-state index in [4.69, 9.17) is 28.4 Å². The van der Waals surface area contributed by atoms with Crippen LogP contribution < -0.4 is 18.9 Å². The zero-order valence-corrected chi connectivity index (χ0v) is 24.4. The topological polar surface area (TPSA) is 88.6 Å². The number of morpholine rings is 1. The standard InChI is InChI=1S/C32H38N2O7/c1-21(35)40-31(24-7-8-27-23(30(24)37-5)9-11-32(2,3)41-27)22-10-12-33-26-20-29(28(36-4)19-25(22)26)39-16-6-13-34-14-17-38-18-15-34/h7-12,19-20,31H,6,13-18H2,1-5H3. The summed E-state index contributed by atoms with van der Waals surface area (Å²) in [5.74, 6) is 2.07. The van der Waals surface area contributed by atoms with Crippen LogP contribution in [0.5, 0.6) is 23.0 Å². The first-order valence-corrected chi connectivity index (χ1v) is 14.0. The van der Waals surface area contributed by atoms with Crippen LogP contribution in [-0.2, 0) is 14.3 Å². The van der Waals surface area contributed by atoms with Crippen molar-refractivity contribution in [2.45, 2.75) is 38.9 Å². The van der Waals surface area contributed by atoms with Crippen LogP contribution in [0, 0.1) is 0 Å². The van der Waals surface area contributed by atoms with Crippen LogP contribution in [0.25, 0.3) is 17.0 Å². The third-order valence-electron chi connectivity index (χ3n) is 7.30. The van der Waals surface area contributed by atoms with Gasteiger partial charge >= 0.3 is 5.97 Å². The van der Waals surface area contributed by atoms with Crippen molar-refractivity contribution in [3.05, 3.63) is 59.3 Å². The maximum atomic E-state index is 12.4. The van der Waals surface area contributed by atoms with Crippen molar-refractivity contribution in [1.29, 1.82) is 0 Å². The first kappa shape index (κ1) is 28.7. The van der Waals surface area contributed by atoms with E-state index in [9.17, 15) is 4.79 Å². The lowest BCUT2D eigenvalue weighted by atomic mass is 9.93. The van der Waals surface area contributed by atoms with Gasteiger partial charge in [0.2, 0.25) is 0 Å². The van der Waals surface area contributed by atoms with Crippen molar-refractivity contribution >= 4 is 22.9 Å². The Balaban J connectivity index is 1.48. The minimum absolute atomic E-state index is 0.417. The fourth-order valence-corrected chi connectivity index (χ4v) is 5.31. The highest BCUT2D eigenvalue weighted by Gasteiger charge is 2.30. The van der Waals surface area contributed by atoms with Crippen LogP contribution >= 0.6 is 0 Å². The monoisotopic (exact) mass is 562 g/mol. The molecule has 2 aliphatic rings. The number of rotatable bonds is 10. The highest BCUT2D eigenvalue weighted by Crippen LogP contribution is 2.45. The van der Waals surface area contributed by atoms with Crippen LogP contribution in [0.1, 0.15) is 50.0 Å². The number of ether oxygens (including phenoxy) is 6. The molecule has 0 N–H and O–H groups in total. The summed E-state index contributed by atoms with van der Waals surface area (Å²) in [6, 6.07) is 9.40. The largest absolute Gasteiger partial charge is 0.496 e. The Morgan fingerprint density at radius 1 is 1.07 bits per heavy atom. The Kier molecular flexibility index (Phi) is 8.65. The predicted molar refractivity (Wildman–Crippen MR) is 156 cm³/mol. The van der Waals surface area contributed by atoms with Gasteiger partial charge in [-0.15, -0.1) is 0 Å². The predicted octanol–water partition coefficient (Wildman–Crippen LogP) is 5.19. The number of aromatic nitrogens is 1. The fraction of sp³-hybridized carbons (Fsp3) is 0.438. The molecule has 3 aromatic rings. The van der Waals surface area contributed by atoms with Gasteiger partial charge in [0.15, 0.2) is 17.6 Å². The summed E-state index contributed by atoms with van der Waals surface area (Å²) >= 11 is 0. The van der Waals surface area contributed by atoms with E-state index in [1.807, 2.05) is 56.3 Å². The molecule has 41 heavy (non-hydrogen) atoms. The third kappa shape index (κ3) is 6.41. The van der Waals surface area contributed by atoms with Gasteiger partial charge < -0.3 is 28.4 Å². The number of carbonyl (C=O) groups excluding carboxylic acids is 1. The van der Waals surface area contributed by atoms with Gasteiger partial charge in [0.25, 0.3) is 0 Å². The number of benzene rings is 2. The Bertz CT molecular complexity index is 1430. The van der Waals surface area contributed by atoms with E-state index in [0.717, 1.165) is 55.8 Å². The maximum absolute atomic E-state index is 12.4. The van der Waals surface area contributed by atoms with Gasteiger partial charge in [-0.05, 0) is 56.7 Å². The lowest BCUT2D eigenvalue weighted by Crippen LogP contribution is -2.37. The highest BCUT2D eigenvalue weighted by atomic mass is 16.5. The van der Waals surface area contributed by atoms with Crippen LogP contribution in [0.3, 0.4) is 0 Å². The lowest BCUT2D eigenvalue weighted by Gasteiger charge is -2.30. The van der Waals surface area contributed by atoms with Crippen molar-refractivity contribution in [1.82, 2.24) is 9.88 Å². The molecule has 1 fully saturated rings. The molecule has 0 spiro atoms. The molecule has 9 heteroatoms. The third-order valence-corrected chi connectivity index (χ3v) is 7.30. The summed E-state index contributed by atoms with van der Waals surface area (Å²) < 4.78 is 35.3. The molecule has 1 unspecified atom stereocenters. The van der Waals surface area contributed by atoms with Crippen molar-refractivity contribution in [3.8, 4) is 23.0 Å². The molecule has 9 nitrogen and oxygen atoms in total. The molecule has 2 aliphatic heterocycles. The van der Waals surface area contributed by atoms with Crippen LogP contribution in [-0.4, -0.2) is 75.1 Å². The second kappa shape index (κ2) is 12.4. The van der Waals surface area contributed by atoms with Gasteiger partial charge in [0.05, 0.1) is 45.1 Å². The number of fused-ring (bicyclic) bond motifs is 2. The second-order valence-corrected chi connectivity index (χ2v) is 10.7.